The fourth-order valence-corrected chi connectivity index (χ4v) is 0.448. The zero-order valence-electron chi connectivity index (χ0n) is 5.70. The standard InChI is InChI=1S/C7H5N.CHClO/c1-2-7-4-3-5-8-6-7;2-1-3/h1,3-6H;1H. The van der Waals surface area contributed by atoms with Gasteiger partial charge in [-0.05, 0) is 23.7 Å². The van der Waals surface area contributed by atoms with E-state index in [1.807, 2.05) is 12.1 Å². The van der Waals surface area contributed by atoms with E-state index in [0.717, 1.165) is 5.56 Å². The summed E-state index contributed by atoms with van der Waals surface area (Å²) in [4.78, 5) is 12.4. The highest BCUT2D eigenvalue weighted by Crippen LogP contribution is 1.89. The number of pyridine rings is 1. The van der Waals surface area contributed by atoms with Gasteiger partial charge in [-0.2, -0.15) is 0 Å². The first-order valence-corrected chi connectivity index (χ1v) is 3.19. The lowest BCUT2D eigenvalue weighted by Crippen LogP contribution is -1.72. The van der Waals surface area contributed by atoms with Crippen LogP contribution in [0, 0.1) is 12.3 Å². The zero-order valence-corrected chi connectivity index (χ0v) is 6.45. The second kappa shape index (κ2) is 6.79. The van der Waals surface area contributed by atoms with Crippen LogP contribution in [0.15, 0.2) is 24.5 Å². The highest BCUT2D eigenvalue weighted by Gasteiger charge is 1.77. The quantitative estimate of drug-likeness (QED) is 0.333. The molecule has 11 heavy (non-hydrogen) atoms. The number of hydrogen-bond donors (Lipinski definition) is 0. The largest absolute Gasteiger partial charge is 0.285 e. The highest BCUT2D eigenvalue weighted by atomic mass is 35.5. The maximum Gasteiger partial charge on any atom is 0.208 e. The Balaban J connectivity index is 0.000000292. The summed E-state index contributed by atoms with van der Waals surface area (Å²) in [7, 11) is 0. The van der Waals surface area contributed by atoms with E-state index in [1.54, 1.807) is 12.4 Å². The number of carbonyl (C=O) groups excluding carboxylic acids is 1. The first-order chi connectivity index (χ1) is 5.35. The van der Waals surface area contributed by atoms with Crippen LogP contribution in [0.1, 0.15) is 5.56 Å². The van der Waals surface area contributed by atoms with Gasteiger partial charge in [-0.1, -0.05) is 5.92 Å². The van der Waals surface area contributed by atoms with Crippen molar-refractivity contribution in [3.8, 4) is 12.3 Å². The molecule has 0 saturated carbocycles. The number of terminal acetylenes is 1. The Kier molecular flexibility index (Phi) is 5.96. The maximum absolute atomic E-state index is 8.57. The van der Waals surface area contributed by atoms with Gasteiger partial charge in [0.15, 0.2) is 0 Å². The molecule has 0 amide bonds. The van der Waals surface area contributed by atoms with Crippen molar-refractivity contribution in [3.63, 3.8) is 0 Å². The molecule has 0 atom stereocenters. The van der Waals surface area contributed by atoms with Crippen LogP contribution >= 0.6 is 11.6 Å². The first kappa shape index (κ1) is 9.67. The lowest BCUT2D eigenvalue weighted by atomic mass is 10.3. The highest BCUT2D eigenvalue weighted by molar-refractivity contribution is 6.54. The molecule has 1 rings (SSSR count). The average molecular weight is 168 g/mol. The molecular weight excluding hydrogens is 162 g/mol. The maximum atomic E-state index is 8.57. The molecule has 0 unspecified atom stereocenters. The molecule has 0 bridgehead atoms. The SMILES string of the molecule is C#Cc1cccnc1.O=CCl. The van der Waals surface area contributed by atoms with Gasteiger partial charge in [0.2, 0.25) is 5.75 Å². The number of hydrogen-bond acceptors (Lipinski definition) is 2. The van der Waals surface area contributed by atoms with Gasteiger partial charge in [0.25, 0.3) is 0 Å². The minimum absolute atomic E-state index is 0.222. The number of aromatic nitrogens is 1. The number of rotatable bonds is 0. The van der Waals surface area contributed by atoms with E-state index in [4.69, 9.17) is 11.2 Å². The molecule has 56 valence electrons. The van der Waals surface area contributed by atoms with Gasteiger partial charge in [-0.15, -0.1) is 6.42 Å². The summed E-state index contributed by atoms with van der Waals surface area (Å²) in [5.74, 6) is 2.69. The van der Waals surface area contributed by atoms with Crippen molar-refractivity contribution in [3.05, 3.63) is 30.1 Å². The van der Waals surface area contributed by atoms with Crippen LogP contribution in [-0.2, 0) is 4.79 Å². The number of nitrogens with zero attached hydrogens (tertiary/aromatic N) is 1. The van der Waals surface area contributed by atoms with Crippen LogP contribution < -0.4 is 0 Å². The Morgan fingerprint density at radius 1 is 1.73 bits per heavy atom. The Labute approximate surface area is 70.2 Å². The normalized spacial score (nSPS) is 6.91. The van der Waals surface area contributed by atoms with E-state index in [2.05, 4.69) is 22.5 Å². The van der Waals surface area contributed by atoms with E-state index in [-0.39, 0.29) is 5.75 Å². The fourth-order valence-electron chi connectivity index (χ4n) is 0.448. The van der Waals surface area contributed by atoms with Crippen LogP contribution in [-0.4, -0.2) is 10.7 Å². The topological polar surface area (TPSA) is 30.0 Å². The lowest BCUT2D eigenvalue weighted by molar-refractivity contribution is 0.569. The molecule has 0 saturated heterocycles. The van der Waals surface area contributed by atoms with Crippen molar-refractivity contribution in [2.75, 3.05) is 0 Å². The van der Waals surface area contributed by atoms with Gasteiger partial charge in [0, 0.05) is 18.0 Å². The lowest BCUT2D eigenvalue weighted by Gasteiger charge is -1.81. The van der Waals surface area contributed by atoms with Gasteiger partial charge >= 0.3 is 0 Å². The second-order valence-corrected chi connectivity index (χ2v) is 1.65. The van der Waals surface area contributed by atoms with Gasteiger partial charge in [0.1, 0.15) is 0 Å². The summed E-state index contributed by atoms with van der Waals surface area (Å²) in [6.07, 6.45) is 8.41. The van der Waals surface area contributed by atoms with E-state index >= 15 is 0 Å². The van der Waals surface area contributed by atoms with Crippen LogP contribution in [0.5, 0.6) is 0 Å². The summed E-state index contributed by atoms with van der Waals surface area (Å²) < 4.78 is 0. The minimum atomic E-state index is 0.222. The van der Waals surface area contributed by atoms with E-state index < -0.39 is 0 Å². The third-order valence-corrected chi connectivity index (χ3v) is 0.828. The van der Waals surface area contributed by atoms with Crippen LogP contribution in [0.25, 0.3) is 0 Å². The Bertz CT molecular complexity index is 240. The van der Waals surface area contributed by atoms with Gasteiger partial charge in [0.05, 0.1) is 0 Å². The molecule has 0 aromatic carbocycles. The summed E-state index contributed by atoms with van der Waals surface area (Å²) in [5.41, 5.74) is 0.826. The summed E-state index contributed by atoms with van der Waals surface area (Å²) >= 11 is 4.32. The third-order valence-electron chi connectivity index (χ3n) is 0.828. The molecule has 3 heteroatoms. The van der Waals surface area contributed by atoms with Crippen LogP contribution in [0.3, 0.4) is 0 Å². The van der Waals surface area contributed by atoms with Crippen molar-refractivity contribution in [2.45, 2.75) is 0 Å². The predicted octanol–water partition coefficient (Wildman–Crippen LogP) is 1.48. The molecule has 1 aromatic rings. The average Bonchev–Trinajstić information content (AvgIpc) is 2.08. The molecule has 0 aliphatic heterocycles. The van der Waals surface area contributed by atoms with E-state index in [0.29, 0.717) is 0 Å². The Hall–Kier alpha value is -1.33. The first-order valence-electron chi connectivity index (χ1n) is 2.75. The summed E-state index contributed by atoms with van der Waals surface area (Å²) in [5, 5.41) is 0. The number of halogens is 1. The molecule has 1 heterocycles. The summed E-state index contributed by atoms with van der Waals surface area (Å²) in [6.45, 7) is 0. The van der Waals surface area contributed by atoms with Crippen molar-refractivity contribution in [1.82, 2.24) is 4.98 Å². The predicted molar refractivity (Wildman–Crippen MR) is 44.8 cm³/mol. The monoisotopic (exact) mass is 167 g/mol. The molecule has 0 N–H and O–H groups in total. The molecule has 0 fully saturated rings. The molecule has 0 aliphatic carbocycles. The Morgan fingerprint density at radius 2 is 2.36 bits per heavy atom. The smallest absolute Gasteiger partial charge is 0.208 e. The van der Waals surface area contributed by atoms with Crippen LogP contribution in [0.2, 0.25) is 0 Å². The van der Waals surface area contributed by atoms with Crippen molar-refractivity contribution >= 4 is 17.3 Å². The molecule has 0 aliphatic rings. The molecule has 2 nitrogen and oxygen atoms in total. The minimum Gasteiger partial charge on any atom is -0.285 e. The zero-order chi connectivity index (χ0) is 8.53. The van der Waals surface area contributed by atoms with Crippen molar-refractivity contribution in [1.29, 1.82) is 0 Å². The third kappa shape index (κ3) is 5.13. The van der Waals surface area contributed by atoms with E-state index in [1.165, 1.54) is 0 Å². The van der Waals surface area contributed by atoms with Crippen molar-refractivity contribution in [2.24, 2.45) is 0 Å². The van der Waals surface area contributed by atoms with Gasteiger partial charge in [-0.3, -0.25) is 9.78 Å². The second-order valence-electron chi connectivity index (χ2n) is 1.48. The van der Waals surface area contributed by atoms with Crippen LogP contribution in [0.4, 0.5) is 0 Å². The van der Waals surface area contributed by atoms with E-state index in [9.17, 15) is 0 Å². The fraction of sp³-hybridized carbons (Fsp3) is 0. The molecule has 0 radical (unpaired) electrons. The Morgan fingerprint density at radius 3 is 2.64 bits per heavy atom. The molecular formula is C8H6ClNO. The molecule has 0 spiro atoms. The van der Waals surface area contributed by atoms with Gasteiger partial charge < -0.3 is 0 Å². The summed E-state index contributed by atoms with van der Waals surface area (Å²) in [6, 6.07) is 3.65. The number of carbonyl (C=O) groups is 1. The van der Waals surface area contributed by atoms with Crippen molar-refractivity contribution < 1.29 is 4.79 Å². The van der Waals surface area contributed by atoms with Gasteiger partial charge in [-0.25, -0.2) is 0 Å². The molecule has 1 aromatic heterocycles.